The maximum Gasteiger partial charge on any atom is 0.291 e. The number of aromatic nitrogens is 1. The van der Waals surface area contributed by atoms with Gasteiger partial charge in [0.25, 0.3) is 5.69 Å². The second-order valence-electron chi connectivity index (χ2n) is 3.81. The van der Waals surface area contributed by atoms with Gasteiger partial charge in [0.05, 0.1) is 12.0 Å². The number of hydrogen-bond donors (Lipinski definition) is 0. The molecule has 0 atom stereocenters. The Labute approximate surface area is 104 Å². The monoisotopic (exact) mass is 244 g/mol. The molecule has 1 heterocycles. The predicted molar refractivity (Wildman–Crippen MR) is 67.6 cm³/mol. The van der Waals surface area contributed by atoms with Crippen molar-refractivity contribution >= 4 is 5.69 Å². The van der Waals surface area contributed by atoms with Crippen molar-refractivity contribution in [2.75, 3.05) is 7.11 Å². The lowest BCUT2D eigenvalue weighted by Gasteiger charge is -2.04. The summed E-state index contributed by atoms with van der Waals surface area (Å²) in [5.74, 6) is 0.744. The second-order valence-corrected chi connectivity index (χ2v) is 3.81. The van der Waals surface area contributed by atoms with E-state index < -0.39 is 4.92 Å². The van der Waals surface area contributed by atoms with Crippen LogP contribution in [-0.2, 0) is 0 Å². The van der Waals surface area contributed by atoms with E-state index in [4.69, 9.17) is 4.74 Å². The molecule has 0 bridgehead atoms. The number of hydrogen-bond acceptors (Lipinski definition) is 4. The largest absolute Gasteiger partial charge is 0.497 e. The number of nitrogens with zero attached hydrogens (tertiary/aromatic N) is 2. The lowest BCUT2D eigenvalue weighted by molar-refractivity contribution is -0.385. The van der Waals surface area contributed by atoms with Gasteiger partial charge < -0.3 is 4.74 Å². The first kappa shape index (κ1) is 12.0. The minimum absolute atomic E-state index is 0.0309. The quantitative estimate of drug-likeness (QED) is 0.615. The van der Waals surface area contributed by atoms with Crippen LogP contribution in [0.25, 0.3) is 11.1 Å². The summed E-state index contributed by atoms with van der Waals surface area (Å²) in [5, 5.41) is 10.9. The predicted octanol–water partition coefficient (Wildman–Crippen LogP) is 2.97. The molecule has 92 valence electrons. The maximum absolute atomic E-state index is 10.9. The number of benzene rings is 1. The van der Waals surface area contributed by atoms with Gasteiger partial charge in [-0.2, -0.15) is 0 Å². The van der Waals surface area contributed by atoms with Gasteiger partial charge in [-0.25, -0.2) is 0 Å². The van der Waals surface area contributed by atoms with Gasteiger partial charge >= 0.3 is 0 Å². The third-order valence-electron chi connectivity index (χ3n) is 2.68. The summed E-state index contributed by atoms with van der Waals surface area (Å²) in [5.41, 5.74) is 2.03. The van der Waals surface area contributed by atoms with Gasteiger partial charge in [0.1, 0.15) is 11.4 Å². The number of nitro groups is 1. The van der Waals surface area contributed by atoms with Gasteiger partial charge in [0.2, 0.25) is 0 Å². The first-order valence-electron chi connectivity index (χ1n) is 5.37. The van der Waals surface area contributed by atoms with E-state index in [1.807, 2.05) is 12.1 Å². The molecule has 0 aliphatic carbocycles. The molecule has 5 nitrogen and oxygen atoms in total. The number of ether oxygens (including phenoxy) is 1. The van der Waals surface area contributed by atoms with Crippen LogP contribution in [0.2, 0.25) is 0 Å². The molecular formula is C13H12N2O3. The molecule has 0 unspecified atom stereocenters. The van der Waals surface area contributed by atoms with Crippen LogP contribution < -0.4 is 4.74 Å². The molecule has 0 saturated heterocycles. The Kier molecular flexibility index (Phi) is 3.23. The molecule has 0 amide bonds. The summed E-state index contributed by atoms with van der Waals surface area (Å²) in [6.45, 7) is 1.62. The topological polar surface area (TPSA) is 65.3 Å². The molecule has 18 heavy (non-hydrogen) atoms. The fourth-order valence-corrected chi connectivity index (χ4v) is 1.65. The van der Waals surface area contributed by atoms with Gasteiger partial charge in [0.15, 0.2) is 0 Å². The van der Waals surface area contributed by atoms with Crippen LogP contribution in [0.1, 0.15) is 5.69 Å². The van der Waals surface area contributed by atoms with Crippen molar-refractivity contribution in [1.29, 1.82) is 0 Å². The minimum Gasteiger partial charge on any atom is -0.497 e. The summed E-state index contributed by atoms with van der Waals surface area (Å²) < 4.78 is 5.06. The van der Waals surface area contributed by atoms with Crippen molar-refractivity contribution in [3.8, 4) is 16.9 Å². The van der Waals surface area contributed by atoms with Crippen LogP contribution in [-0.4, -0.2) is 17.0 Å². The summed E-state index contributed by atoms with van der Waals surface area (Å²) in [4.78, 5) is 14.5. The van der Waals surface area contributed by atoms with Gasteiger partial charge in [0, 0.05) is 17.8 Å². The van der Waals surface area contributed by atoms with E-state index in [0.717, 1.165) is 16.9 Å². The van der Waals surface area contributed by atoms with E-state index in [1.165, 1.54) is 6.07 Å². The smallest absolute Gasteiger partial charge is 0.291 e. The van der Waals surface area contributed by atoms with Crippen LogP contribution in [0, 0.1) is 17.0 Å². The lowest BCUT2D eigenvalue weighted by Crippen LogP contribution is -1.95. The zero-order valence-electron chi connectivity index (χ0n) is 10.1. The fraction of sp³-hybridized carbons (Fsp3) is 0.154. The summed E-state index contributed by atoms with van der Waals surface area (Å²) >= 11 is 0. The SMILES string of the molecule is COc1ccc(-c2cnc(C)c([N+](=O)[O-])c2)cc1. The normalized spacial score (nSPS) is 10.1. The van der Waals surface area contributed by atoms with Crippen LogP contribution in [0.3, 0.4) is 0 Å². The highest BCUT2D eigenvalue weighted by atomic mass is 16.6. The molecule has 0 fully saturated rings. The average Bonchev–Trinajstić information content (AvgIpc) is 2.39. The Morgan fingerprint density at radius 2 is 1.89 bits per heavy atom. The molecule has 0 aliphatic heterocycles. The summed E-state index contributed by atoms with van der Waals surface area (Å²) in [7, 11) is 1.59. The van der Waals surface area contributed by atoms with Crippen molar-refractivity contribution in [2.45, 2.75) is 6.92 Å². The van der Waals surface area contributed by atoms with E-state index >= 15 is 0 Å². The summed E-state index contributed by atoms with van der Waals surface area (Å²) in [6.07, 6.45) is 1.63. The van der Waals surface area contributed by atoms with Crippen molar-refractivity contribution in [1.82, 2.24) is 4.98 Å². The first-order valence-corrected chi connectivity index (χ1v) is 5.37. The van der Waals surface area contributed by atoms with E-state index in [1.54, 1.807) is 32.4 Å². The molecule has 5 heteroatoms. The van der Waals surface area contributed by atoms with Crippen molar-refractivity contribution < 1.29 is 9.66 Å². The Morgan fingerprint density at radius 3 is 2.44 bits per heavy atom. The molecule has 1 aromatic carbocycles. The van der Waals surface area contributed by atoms with Crippen molar-refractivity contribution in [3.63, 3.8) is 0 Å². The van der Waals surface area contributed by atoms with Gasteiger partial charge in [-0.15, -0.1) is 0 Å². The van der Waals surface area contributed by atoms with Gasteiger partial charge in [-0.1, -0.05) is 12.1 Å². The molecule has 2 aromatic rings. The molecule has 0 saturated carbocycles. The van der Waals surface area contributed by atoms with E-state index in [9.17, 15) is 10.1 Å². The third-order valence-corrected chi connectivity index (χ3v) is 2.68. The van der Waals surface area contributed by atoms with Gasteiger partial charge in [-0.3, -0.25) is 15.1 Å². The van der Waals surface area contributed by atoms with Crippen LogP contribution in [0.5, 0.6) is 5.75 Å². The lowest BCUT2D eigenvalue weighted by atomic mass is 10.1. The standard InChI is InChI=1S/C13H12N2O3/c1-9-13(15(16)17)7-11(8-14-9)10-3-5-12(18-2)6-4-10/h3-8H,1-2H3. The molecule has 0 N–H and O–H groups in total. The van der Waals surface area contributed by atoms with E-state index in [2.05, 4.69) is 4.98 Å². The van der Waals surface area contributed by atoms with Crippen molar-refractivity contribution in [3.05, 3.63) is 52.3 Å². The van der Waals surface area contributed by atoms with E-state index in [-0.39, 0.29) is 5.69 Å². The molecule has 1 aromatic heterocycles. The van der Waals surface area contributed by atoms with Gasteiger partial charge in [-0.05, 0) is 24.6 Å². The average molecular weight is 244 g/mol. The van der Waals surface area contributed by atoms with E-state index in [0.29, 0.717) is 5.69 Å². The molecular weight excluding hydrogens is 232 g/mol. The number of rotatable bonds is 3. The Bertz CT molecular complexity index is 579. The number of pyridine rings is 1. The molecule has 2 rings (SSSR count). The first-order chi connectivity index (χ1) is 8.61. The highest BCUT2D eigenvalue weighted by Gasteiger charge is 2.13. The van der Waals surface area contributed by atoms with Crippen LogP contribution in [0.15, 0.2) is 36.5 Å². The third kappa shape index (κ3) is 2.29. The number of methoxy groups -OCH3 is 1. The minimum atomic E-state index is -0.421. The number of aryl methyl sites for hydroxylation is 1. The zero-order valence-corrected chi connectivity index (χ0v) is 10.1. The Morgan fingerprint density at radius 1 is 1.22 bits per heavy atom. The molecule has 0 aliphatic rings. The summed E-state index contributed by atoms with van der Waals surface area (Å²) in [6, 6.07) is 8.83. The highest BCUT2D eigenvalue weighted by Crippen LogP contribution is 2.26. The second kappa shape index (κ2) is 4.83. The molecule has 0 spiro atoms. The zero-order chi connectivity index (χ0) is 13.1. The van der Waals surface area contributed by atoms with Crippen molar-refractivity contribution in [2.24, 2.45) is 0 Å². The van der Waals surface area contributed by atoms with Crippen LogP contribution in [0.4, 0.5) is 5.69 Å². The van der Waals surface area contributed by atoms with Crippen LogP contribution >= 0.6 is 0 Å². The molecule has 0 radical (unpaired) electrons. The fourth-order valence-electron chi connectivity index (χ4n) is 1.65. The maximum atomic E-state index is 10.9. The Hall–Kier alpha value is -2.43. The Balaban J connectivity index is 2.44. The highest BCUT2D eigenvalue weighted by molar-refractivity contribution is 5.66.